The number of piperazine rings is 1. The molecular weight excluding hydrogens is 274 g/mol. The van der Waals surface area contributed by atoms with E-state index >= 15 is 0 Å². The molecule has 2 rings (SSSR count). The van der Waals surface area contributed by atoms with Crippen molar-refractivity contribution in [2.45, 2.75) is 26.3 Å². The molecule has 3 amide bonds. The Kier molecular flexibility index (Phi) is 4.46. The second kappa shape index (κ2) is 6.29. The van der Waals surface area contributed by atoms with Crippen molar-refractivity contribution in [3.05, 3.63) is 18.1 Å². The maximum Gasteiger partial charge on any atom is 0.275 e. The molecule has 8 nitrogen and oxygen atoms in total. The predicted octanol–water partition coefficient (Wildman–Crippen LogP) is -0.214. The van der Waals surface area contributed by atoms with Gasteiger partial charge in [0.15, 0.2) is 0 Å². The fourth-order valence-corrected chi connectivity index (χ4v) is 1.89. The third kappa shape index (κ3) is 3.33. The summed E-state index contributed by atoms with van der Waals surface area (Å²) in [5.74, 6) is -0.899. The largest absolute Gasteiger partial charge is 0.369 e. The fraction of sp³-hybridized carbons (Fsp3) is 0.462. The van der Waals surface area contributed by atoms with E-state index in [1.165, 1.54) is 17.3 Å². The Morgan fingerprint density at radius 3 is 2.81 bits per heavy atom. The SMILES string of the molecule is CCCNc1cnc(C(=O)N2CC(=O)NC(=O)C2C)cn1. The minimum Gasteiger partial charge on any atom is -0.369 e. The van der Waals surface area contributed by atoms with Gasteiger partial charge in [0.25, 0.3) is 5.91 Å². The van der Waals surface area contributed by atoms with Crippen LogP contribution in [0.15, 0.2) is 12.4 Å². The van der Waals surface area contributed by atoms with Gasteiger partial charge in [-0.05, 0) is 13.3 Å². The zero-order valence-electron chi connectivity index (χ0n) is 11.9. The number of hydrogen-bond donors (Lipinski definition) is 2. The van der Waals surface area contributed by atoms with Crippen LogP contribution in [0.2, 0.25) is 0 Å². The van der Waals surface area contributed by atoms with E-state index in [1.54, 1.807) is 6.92 Å². The maximum atomic E-state index is 12.3. The molecule has 2 heterocycles. The molecule has 1 aliphatic heterocycles. The number of imide groups is 1. The second-order valence-corrected chi connectivity index (χ2v) is 4.74. The Morgan fingerprint density at radius 1 is 1.43 bits per heavy atom. The van der Waals surface area contributed by atoms with Crippen LogP contribution >= 0.6 is 0 Å². The van der Waals surface area contributed by atoms with Crippen molar-refractivity contribution in [3.63, 3.8) is 0 Å². The fourth-order valence-electron chi connectivity index (χ4n) is 1.89. The summed E-state index contributed by atoms with van der Waals surface area (Å²) in [5, 5.41) is 5.23. The third-order valence-electron chi connectivity index (χ3n) is 3.11. The highest BCUT2D eigenvalue weighted by atomic mass is 16.2. The van der Waals surface area contributed by atoms with Gasteiger partial charge in [0.2, 0.25) is 11.8 Å². The Balaban J connectivity index is 2.11. The molecule has 0 saturated carbocycles. The van der Waals surface area contributed by atoms with Gasteiger partial charge in [-0.1, -0.05) is 6.92 Å². The van der Waals surface area contributed by atoms with Gasteiger partial charge in [0.05, 0.1) is 12.4 Å². The predicted molar refractivity (Wildman–Crippen MR) is 74.5 cm³/mol. The first-order valence-corrected chi connectivity index (χ1v) is 6.73. The van der Waals surface area contributed by atoms with E-state index in [4.69, 9.17) is 0 Å². The summed E-state index contributed by atoms with van der Waals surface area (Å²) in [6.45, 7) is 4.19. The highest BCUT2D eigenvalue weighted by Crippen LogP contribution is 2.10. The molecule has 2 N–H and O–H groups in total. The average molecular weight is 291 g/mol. The van der Waals surface area contributed by atoms with Gasteiger partial charge in [-0.25, -0.2) is 9.97 Å². The van der Waals surface area contributed by atoms with Crippen molar-refractivity contribution < 1.29 is 14.4 Å². The molecule has 1 fully saturated rings. The minimum atomic E-state index is -0.713. The van der Waals surface area contributed by atoms with Crippen LogP contribution in [0.3, 0.4) is 0 Å². The smallest absolute Gasteiger partial charge is 0.275 e. The summed E-state index contributed by atoms with van der Waals surface area (Å²) in [6, 6.07) is -0.713. The van der Waals surface area contributed by atoms with E-state index in [2.05, 4.69) is 20.6 Å². The van der Waals surface area contributed by atoms with Crippen molar-refractivity contribution in [2.24, 2.45) is 0 Å². The van der Waals surface area contributed by atoms with Crippen molar-refractivity contribution in [3.8, 4) is 0 Å². The van der Waals surface area contributed by atoms with Crippen LogP contribution in [0.1, 0.15) is 30.8 Å². The maximum absolute atomic E-state index is 12.3. The van der Waals surface area contributed by atoms with E-state index in [0.717, 1.165) is 13.0 Å². The zero-order chi connectivity index (χ0) is 15.4. The number of hydrogen-bond acceptors (Lipinski definition) is 6. The van der Waals surface area contributed by atoms with E-state index in [1.807, 2.05) is 6.92 Å². The monoisotopic (exact) mass is 291 g/mol. The standard InChI is InChI=1S/C13H17N5O3/c1-3-4-14-10-6-15-9(5-16-10)13(21)18-7-11(19)17-12(20)8(18)2/h5-6,8H,3-4,7H2,1-2H3,(H,14,16)(H,17,19,20). The summed E-state index contributed by atoms with van der Waals surface area (Å²) in [7, 11) is 0. The van der Waals surface area contributed by atoms with Gasteiger partial charge in [-0.3, -0.25) is 19.7 Å². The molecule has 1 aromatic heterocycles. The number of carbonyl (C=O) groups is 3. The Labute approximate surface area is 121 Å². The van der Waals surface area contributed by atoms with Crippen LogP contribution in [-0.4, -0.2) is 51.7 Å². The molecule has 0 bridgehead atoms. The van der Waals surface area contributed by atoms with Gasteiger partial charge < -0.3 is 10.2 Å². The average Bonchev–Trinajstić information content (AvgIpc) is 2.48. The summed E-state index contributed by atoms with van der Waals surface area (Å²) < 4.78 is 0. The lowest BCUT2D eigenvalue weighted by molar-refractivity contribution is -0.138. The number of amides is 3. The molecule has 0 spiro atoms. The molecule has 0 aromatic carbocycles. The molecule has 21 heavy (non-hydrogen) atoms. The molecule has 0 radical (unpaired) electrons. The number of nitrogens with zero attached hydrogens (tertiary/aromatic N) is 3. The molecule has 1 atom stereocenters. The summed E-state index contributed by atoms with van der Waals surface area (Å²) in [4.78, 5) is 44.5. The lowest BCUT2D eigenvalue weighted by Gasteiger charge is -2.31. The number of anilines is 1. The molecule has 1 saturated heterocycles. The van der Waals surface area contributed by atoms with E-state index in [0.29, 0.717) is 5.82 Å². The molecule has 0 aliphatic carbocycles. The first-order chi connectivity index (χ1) is 10.0. The second-order valence-electron chi connectivity index (χ2n) is 4.74. The molecule has 8 heteroatoms. The lowest BCUT2D eigenvalue weighted by Crippen LogP contribution is -2.58. The zero-order valence-corrected chi connectivity index (χ0v) is 11.9. The Bertz CT molecular complexity index is 557. The van der Waals surface area contributed by atoms with Crippen LogP contribution in [0.5, 0.6) is 0 Å². The van der Waals surface area contributed by atoms with Crippen molar-refractivity contribution >= 4 is 23.5 Å². The Morgan fingerprint density at radius 2 is 2.19 bits per heavy atom. The highest BCUT2D eigenvalue weighted by Gasteiger charge is 2.34. The first-order valence-electron chi connectivity index (χ1n) is 6.73. The van der Waals surface area contributed by atoms with E-state index in [9.17, 15) is 14.4 Å². The Hall–Kier alpha value is -2.51. The van der Waals surface area contributed by atoms with E-state index in [-0.39, 0.29) is 12.2 Å². The van der Waals surface area contributed by atoms with E-state index < -0.39 is 23.8 Å². The summed E-state index contributed by atoms with van der Waals surface area (Å²) in [6.07, 6.45) is 3.74. The van der Waals surface area contributed by atoms with Gasteiger partial charge >= 0.3 is 0 Å². The number of aromatic nitrogens is 2. The molecule has 112 valence electrons. The van der Waals surface area contributed by atoms with Crippen LogP contribution in [0, 0.1) is 0 Å². The van der Waals surface area contributed by atoms with Gasteiger partial charge in [0, 0.05) is 6.54 Å². The number of carbonyl (C=O) groups excluding carboxylic acids is 3. The summed E-state index contributed by atoms with van der Waals surface area (Å²) >= 11 is 0. The molecule has 1 aliphatic rings. The minimum absolute atomic E-state index is 0.103. The highest BCUT2D eigenvalue weighted by molar-refractivity contribution is 6.06. The summed E-state index contributed by atoms with van der Waals surface area (Å²) in [5.41, 5.74) is 0.103. The van der Waals surface area contributed by atoms with Gasteiger partial charge in [-0.2, -0.15) is 0 Å². The van der Waals surface area contributed by atoms with Crippen LogP contribution in [0.25, 0.3) is 0 Å². The normalized spacial score (nSPS) is 18.4. The topological polar surface area (TPSA) is 104 Å². The van der Waals surface area contributed by atoms with Crippen LogP contribution < -0.4 is 10.6 Å². The molecule has 1 aromatic rings. The molecular formula is C13H17N5O3. The van der Waals surface area contributed by atoms with Gasteiger partial charge in [-0.15, -0.1) is 0 Å². The number of nitrogens with one attached hydrogen (secondary N) is 2. The number of rotatable bonds is 4. The first kappa shape index (κ1) is 14.9. The lowest BCUT2D eigenvalue weighted by atomic mass is 10.2. The van der Waals surface area contributed by atoms with Gasteiger partial charge in [0.1, 0.15) is 24.1 Å². The quantitative estimate of drug-likeness (QED) is 0.744. The molecule has 1 unspecified atom stereocenters. The third-order valence-corrected chi connectivity index (χ3v) is 3.11. The van der Waals surface area contributed by atoms with Crippen molar-refractivity contribution in [1.82, 2.24) is 20.2 Å². The van der Waals surface area contributed by atoms with Crippen molar-refractivity contribution in [1.29, 1.82) is 0 Å². The van der Waals surface area contributed by atoms with Crippen LogP contribution in [0.4, 0.5) is 5.82 Å². The van der Waals surface area contributed by atoms with Crippen molar-refractivity contribution in [2.75, 3.05) is 18.4 Å². The van der Waals surface area contributed by atoms with Crippen LogP contribution in [-0.2, 0) is 9.59 Å².